The van der Waals surface area contributed by atoms with Crippen LogP contribution in [0.25, 0.3) is 0 Å². The van der Waals surface area contributed by atoms with Gasteiger partial charge in [-0.05, 0) is 38.5 Å². The Balaban J connectivity index is 1.84. The Morgan fingerprint density at radius 2 is 1.85 bits per heavy atom. The number of aromatic nitrogens is 3. The van der Waals surface area contributed by atoms with Gasteiger partial charge < -0.3 is 0 Å². The summed E-state index contributed by atoms with van der Waals surface area (Å²) in [6, 6.07) is 0.340. The summed E-state index contributed by atoms with van der Waals surface area (Å²) in [6.45, 7) is 4.27. The van der Waals surface area contributed by atoms with Gasteiger partial charge in [-0.15, -0.1) is 0 Å². The average Bonchev–Trinajstić information content (AvgIpc) is 3.08. The van der Waals surface area contributed by atoms with E-state index in [-0.39, 0.29) is 11.4 Å². The molecule has 2 fully saturated rings. The molecule has 0 aromatic carbocycles. The molecule has 3 aliphatic rings. The average molecular weight is 359 g/mol. The van der Waals surface area contributed by atoms with Crippen LogP contribution in [0, 0.1) is 5.92 Å². The number of hydrogen-bond acceptors (Lipinski definition) is 3. The third-order valence-electron chi connectivity index (χ3n) is 6.95. The highest BCUT2D eigenvalue weighted by Gasteiger charge is 2.54. The van der Waals surface area contributed by atoms with Crippen LogP contribution >= 0.6 is 0 Å². The van der Waals surface area contributed by atoms with Gasteiger partial charge in [-0.25, -0.2) is 4.68 Å². The maximum Gasteiger partial charge on any atom is 0.231 e. The van der Waals surface area contributed by atoms with Gasteiger partial charge >= 0.3 is 0 Å². The lowest BCUT2D eigenvalue weighted by molar-refractivity contribution is -0.121. The standard InChI is InChI=1S/C21H34N4O/c1-3-10-18-22-20-24(19(26)11-4-2)17-13-7-6-12-16(17)21(25(20)23-18)14-8-5-9-15-21/h16-17H,3-15H2,1-2H3/t16-,17+/m1/s1. The summed E-state index contributed by atoms with van der Waals surface area (Å²) in [4.78, 5) is 20.1. The molecule has 2 atom stereocenters. The molecule has 1 aliphatic heterocycles. The van der Waals surface area contributed by atoms with Gasteiger partial charge in [-0.3, -0.25) is 9.69 Å². The lowest BCUT2D eigenvalue weighted by Crippen LogP contribution is -2.61. The fourth-order valence-corrected chi connectivity index (χ4v) is 5.86. The Hall–Kier alpha value is -1.39. The van der Waals surface area contributed by atoms with Crippen LogP contribution in [0.3, 0.4) is 0 Å². The fraction of sp³-hybridized carbons (Fsp3) is 0.857. The highest BCUT2D eigenvalue weighted by atomic mass is 16.2. The van der Waals surface area contributed by atoms with Gasteiger partial charge in [0.25, 0.3) is 0 Å². The molecule has 0 saturated heterocycles. The van der Waals surface area contributed by atoms with E-state index in [2.05, 4.69) is 23.4 Å². The predicted octanol–water partition coefficient (Wildman–Crippen LogP) is 4.60. The molecule has 1 aromatic heterocycles. The van der Waals surface area contributed by atoms with Crippen molar-refractivity contribution in [2.75, 3.05) is 4.90 Å². The second-order valence-corrected chi connectivity index (χ2v) is 8.63. The number of amides is 1. The minimum Gasteiger partial charge on any atom is -0.277 e. The molecule has 26 heavy (non-hydrogen) atoms. The van der Waals surface area contributed by atoms with Crippen molar-refractivity contribution < 1.29 is 4.79 Å². The van der Waals surface area contributed by atoms with Crippen LogP contribution < -0.4 is 4.90 Å². The molecule has 2 heterocycles. The van der Waals surface area contributed by atoms with Crippen LogP contribution in [-0.2, 0) is 16.8 Å². The van der Waals surface area contributed by atoms with E-state index >= 15 is 0 Å². The van der Waals surface area contributed by atoms with E-state index in [1.54, 1.807) is 0 Å². The minimum atomic E-state index is 0.112. The molecule has 1 spiro atoms. The van der Waals surface area contributed by atoms with Gasteiger partial charge in [0, 0.05) is 24.8 Å². The van der Waals surface area contributed by atoms with Crippen molar-refractivity contribution in [1.29, 1.82) is 0 Å². The quantitative estimate of drug-likeness (QED) is 0.790. The Labute approximate surface area is 157 Å². The number of carbonyl (C=O) groups excluding carboxylic acids is 1. The Morgan fingerprint density at radius 1 is 1.08 bits per heavy atom. The number of rotatable bonds is 4. The zero-order valence-electron chi connectivity index (χ0n) is 16.5. The molecule has 0 bridgehead atoms. The summed E-state index contributed by atoms with van der Waals surface area (Å²) in [6.07, 6.45) is 14.7. The number of anilines is 1. The van der Waals surface area contributed by atoms with Crippen molar-refractivity contribution in [3.63, 3.8) is 0 Å². The zero-order chi connectivity index (χ0) is 18.1. The van der Waals surface area contributed by atoms with Gasteiger partial charge in [-0.1, -0.05) is 46.0 Å². The molecular formula is C21H34N4O. The fourth-order valence-electron chi connectivity index (χ4n) is 5.86. The van der Waals surface area contributed by atoms with E-state index < -0.39 is 0 Å². The summed E-state index contributed by atoms with van der Waals surface area (Å²) in [5.41, 5.74) is 0.112. The summed E-state index contributed by atoms with van der Waals surface area (Å²) in [7, 11) is 0. The number of hydrogen-bond donors (Lipinski definition) is 0. The van der Waals surface area contributed by atoms with Crippen LogP contribution in [0.2, 0.25) is 0 Å². The highest BCUT2D eigenvalue weighted by molar-refractivity contribution is 5.92. The van der Waals surface area contributed by atoms with Crippen molar-refractivity contribution in [3.05, 3.63) is 5.82 Å². The van der Waals surface area contributed by atoms with Gasteiger partial charge in [-0.2, -0.15) is 10.1 Å². The first kappa shape index (κ1) is 18.0. The van der Waals surface area contributed by atoms with Gasteiger partial charge in [0.2, 0.25) is 11.9 Å². The molecule has 5 nitrogen and oxygen atoms in total. The van der Waals surface area contributed by atoms with E-state index in [9.17, 15) is 4.79 Å². The monoisotopic (exact) mass is 358 g/mol. The summed E-state index contributed by atoms with van der Waals surface area (Å²) in [5.74, 6) is 2.62. The largest absolute Gasteiger partial charge is 0.277 e. The smallest absolute Gasteiger partial charge is 0.231 e. The number of nitrogens with zero attached hydrogens (tertiary/aromatic N) is 4. The predicted molar refractivity (Wildman–Crippen MR) is 103 cm³/mol. The normalized spacial score (nSPS) is 27.2. The van der Waals surface area contributed by atoms with E-state index in [0.29, 0.717) is 18.4 Å². The molecule has 2 saturated carbocycles. The van der Waals surface area contributed by atoms with Crippen LogP contribution in [0.5, 0.6) is 0 Å². The maximum atomic E-state index is 13.1. The van der Waals surface area contributed by atoms with Crippen molar-refractivity contribution in [1.82, 2.24) is 14.8 Å². The molecule has 1 aromatic rings. The lowest BCUT2D eigenvalue weighted by atomic mass is 9.64. The van der Waals surface area contributed by atoms with E-state index in [1.807, 2.05) is 0 Å². The van der Waals surface area contributed by atoms with E-state index in [1.165, 1.54) is 51.4 Å². The number of carbonyl (C=O) groups is 1. The molecule has 4 rings (SSSR count). The van der Waals surface area contributed by atoms with Crippen LogP contribution in [0.1, 0.15) is 96.7 Å². The third-order valence-corrected chi connectivity index (χ3v) is 6.95. The van der Waals surface area contributed by atoms with Crippen molar-refractivity contribution in [3.8, 4) is 0 Å². The minimum absolute atomic E-state index is 0.112. The van der Waals surface area contributed by atoms with Crippen molar-refractivity contribution >= 4 is 11.9 Å². The molecule has 0 radical (unpaired) electrons. The van der Waals surface area contributed by atoms with Crippen LogP contribution in [-0.4, -0.2) is 26.7 Å². The third kappa shape index (κ3) is 2.78. The molecule has 144 valence electrons. The maximum absolute atomic E-state index is 13.1. The Morgan fingerprint density at radius 3 is 2.58 bits per heavy atom. The summed E-state index contributed by atoms with van der Waals surface area (Å²) < 4.78 is 2.25. The molecule has 0 N–H and O–H groups in total. The summed E-state index contributed by atoms with van der Waals surface area (Å²) >= 11 is 0. The number of aryl methyl sites for hydroxylation is 1. The zero-order valence-corrected chi connectivity index (χ0v) is 16.5. The van der Waals surface area contributed by atoms with E-state index in [4.69, 9.17) is 10.1 Å². The number of fused-ring (bicyclic) bond motifs is 4. The summed E-state index contributed by atoms with van der Waals surface area (Å²) in [5, 5.41) is 5.01. The van der Waals surface area contributed by atoms with Crippen molar-refractivity contribution in [2.45, 2.75) is 109 Å². The van der Waals surface area contributed by atoms with Crippen LogP contribution in [0.4, 0.5) is 5.95 Å². The lowest BCUT2D eigenvalue weighted by Gasteiger charge is -2.55. The Kier molecular flexibility index (Phi) is 5.07. The SMILES string of the molecule is CCCC(=O)N1c2nc(CCC)nn2C2(CCCCC2)[C@@H]2CCCC[C@@H]21. The second kappa shape index (κ2) is 7.32. The molecular weight excluding hydrogens is 324 g/mol. The molecule has 5 heteroatoms. The second-order valence-electron chi connectivity index (χ2n) is 8.63. The molecule has 1 amide bonds. The van der Waals surface area contributed by atoms with Crippen molar-refractivity contribution in [2.24, 2.45) is 5.92 Å². The first-order valence-electron chi connectivity index (χ1n) is 11.0. The molecule has 0 unspecified atom stereocenters. The van der Waals surface area contributed by atoms with E-state index in [0.717, 1.165) is 37.5 Å². The first-order chi connectivity index (χ1) is 12.7. The van der Waals surface area contributed by atoms with Gasteiger partial charge in [0.15, 0.2) is 5.82 Å². The van der Waals surface area contributed by atoms with Crippen LogP contribution in [0.15, 0.2) is 0 Å². The highest BCUT2D eigenvalue weighted by Crippen LogP contribution is 2.52. The van der Waals surface area contributed by atoms with Gasteiger partial charge in [0.05, 0.1) is 5.54 Å². The topological polar surface area (TPSA) is 51.0 Å². The molecule has 2 aliphatic carbocycles. The Bertz CT molecular complexity index is 646. The van der Waals surface area contributed by atoms with Gasteiger partial charge in [0.1, 0.15) is 0 Å². The first-order valence-corrected chi connectivity index (χ1v) is 11.0.